The van der Waals surface area contributed by atoms with Gasteiger partial charge in [-0.2, -0.15) is 0 Å². The molecular weight excluding hydrogens is 1460 g/mol. The average molecular weight is 1520 g/mol. The van der Waals surface area contributed by atoms with Crippen molar-refractivity contribution in [2.45, 2.75) is 27.7 Å². The van der Waals surface area contributed by atoms with E-state index in [9.17, 15) is 19.2 Å². The van der Waals surface area contributed by atoms with Gasteiger partial charge in [-0.05, 0) is 171 Å². The first-order chi connectivity index (χ1) is 56.7. The summed E-state index contributed by atoms with van der Waals surface area (Å²) in [6, 6.07) is 82.7. The number of hydrogen-bond acceptors (Lipinski definition) is 18. The quantitative estimate of drug-likeness (QED) is 0.108. The van der Waals surface area contributed by atoms with Crippen LogP contribution in [-0.4, -0.2) is 39.9 Å². The number of aromatic amines is 2. The zero-order valence-electron chi connectivity index (χ0n) is 62.0. The Labute approximate surface area is 655 Å². The molecule has 554 valence electrons. The molecule has 0 unspecified atom stereocenters. The molecule has 0 saturated heterocycles. The van der Waals surface area contributed by atoms with Crippen LogP contribution in [0.15, 0.2) is 304 Å². The van der Waals surface area contributed by atoms with Crippen LogP contribution in [0.25, 0.3) is 178 Å². The zero-order chi connectivity index (χ0) is 78.1. The lowest BCUT2D eigenvalue weighted by molar-refractivity contribution is 0.480. The summed E-state index contributed by atoms with van der Waals surface area (Å²) in [4.78, 5) is 93.2. The predicted molar refractivity (Wildman–Crippen MR) is 447 cm³/mol. The van der Waals surface area contributed by atoms with Crippen LogP contribution in [0.1, 0.15) is 22.3 Å². The normalized spacial score (nSPS) is 11.8. The summed E-state index contributed by atoms with van der Waals surface area (Å²) in [5, 5.41) is 5.39. The van der Waals surface area contributed by atoms with Crippen molar-refractivity contribution < 1.29 is 36.6 Å². The minimum absolute atomic E-state index is 0.256. The average Bonchev–Trinajstić information content (AvgIpc) is 1.57. The smallest absolute Gasteiger partial charge is 0.339 e. The third-order valence-electron chi connectivity index (χ3n) is 21.3. The molecule has 2 aliphatic heterocycles. The third kappa shape index (κ3) is 11.8. The minimum Gasteiger partial charge on any atom is -0.457 e. The number of nitrogens with one attached hydrogen (secondary N) is 2. The van der Waals surface area contributed by atoms with Gasteiger partial charge < -0.3 is 46.6 Å². The maximum atomic E-state index is 13.5. The van der Waals surface area contributed by atoms with E-state index >= 15 is 0 Å². The van der Waals surface area contributed by atoms with E-state index in [4.69, 9.17) is 66.5 Å². The van der Waals surface area contributed by atoms with E-state index in [0.717, 1.165) is 66.1 Å². The van der Waals surface area contributed by atoms with Crippen molar-refractivity contribution in [3.63, 3.8) is 0 Å². The molecule has 20 heteroatoms. The summed E-state index contributed by atoms with van der Waals surface area (Å²) >= 11 is 0. The second-order valence-corrected chi connectivity index (χ2v) is 28.5. The monoisotopic (exact) mass is 1510 g/mol. The fraction of sp³-hybridized carbons (Fsp3) is 0.0417. The topological polar surface area (TPSA) is 267 Å². The molecule has 116 heavy (non-hydrogen) atoms. The van der Waals surface area contributed by atoms with Gasteiger partial charge in [-0.15, -0.1) is 0 Å². The van der Waals surface area contributed by atoms with Crippen molar-refractivity contribution in [2.24, 2.45) is 0 Å². The minimum atomic E-state index is -0.462. The Morgan fingerprint density at radius 2 is 0.466 bits per heavy atom. The summed E-state index contributed by atoms with van der Waals surface area (Å²) < 4.78 is 50.5. The lowest BCUT2D eigenvalue weighted by Crippen LogP contribution is -2.05. The van der Waals surface area contributed by atoms with E-state index in [2.05, 4.69) is 9.97 Å². The molecule has 9 heterocycles. The molecule has 8 bridgehead atoms. The first kappa shape index (κ1) is 68.1. The van der Waals surface area contributed by atoms with Crippen molar-refractivity contribution in [1.29, 1.82) is 0 Å². The Kier molecular flexibility index (Phi) is 15.8. The standard InChI is InChI=1S/C96H58N8O12/c1-49-81(53-17-9-5-10-18-53)69-37-29-61(45-77(69)113-93(49)105)109-57-25-33-65-73(41-57)89-97-85(65)102-90-75-43-59(111-63-31-39-71-79(47-63)115-95(107)51(3)83(71)55-21-13-7-14-22-55)27-35-67(75)87(99-90)104-92-76-44-60(112-64-32-40-72-80(48-64)116-96(108)52(4)84(72)56-23-15-8-16-24-56)28-36-68(76)88(100-92)103-91-74-42-58(26-34-66(74)86(98-91)101-89)110-62-30-38-70-78(46-62)114-94(106)50(2)82(70)54-19-11-6-12-20-54/h5-48H,1-4H3,(H2,97,98,99,100,101,102,103,104). The molecule has 20 nitrogen and oxygen atoms in total. The molecule has 0 saturated carbocycles. The highest BCUT2D eigenvalue weighted by molar-refractivity contribution is 6.08. The van der Waals surface area contributed by atoms with Crippen LogP contribution >= 0.6 is 0 Å². The van der Waals surface area contributed by atoms with Gasteiger partial charge in [0.2, 0.25) is 0 Å². The van der Waals surface area contributed by atoms with Crippen molar-refractivity contribution in [2.75, 3.05) is 0 Å². The number of nitrogens with zero attached hydrogens (tertiary/aromatic N) is 6. The second kappa shape index (κ2) is 26.9. The highest BCUT2D eigenvalue weighted by Crippen LogP contribution is 2.45. The van der Waals surface area contributed by atoms with E-state index in [1.54, 1.807) is 52.0 Å². The number of H-pyrrole nitrogens is 2. The van der Waals surface area contributed by atoms with Crippen LogP contribution in [0.5, 0.6) is 46.0 Å². The van der Waals surface area contributed by atoms with Gasteiger partial charge in [0.15, 0.2) is 23.3 Å². The van der Waals surface area contributed by atoms with Crippen LogP contribution in [0.3, 0.4) is 0 Å². The Morgan fingerprint density at radius 3 is 0.750 bits per heavy atom. The molecule has 0 atom stereocenters. The Hall–Kier alpha value is -16.0. The van der Waals surface area contributed by atoms with Gasteiger partial charge in [0.05, 0.1) is 0 Å². The highest BCUT2D eigenvalue weighted by atomic mass is 16.5. The molecule has 2 N–H and O–H groups in total. The van der Waals surface area contributed by atoms with E-state index in [1.807, 2.05) is 243 Å². The fourth-order valence-corrected chi connectivity index (χ4v) is 15.8. The molecule has 0 spiro atoms. The molecule has 7 aromatic heterocycles. The number of benzene rings is 12. The molecule has 0 fully saturated rings. The summed E-state index contributed by atoms with van der Waals surface area (Å²) in [5.74, 6) is 4.33. The third-order valence-corrected chi connectivity index (χ3v) is 21.3. The Morgan fingerprint density at radius 1 is 0.233 bits per heavy atom. The lowest BCUT2D eigenvalue weighted by Gasteiger charge is -2.11. The first-order valence-corrected chi connectivity index (χ1v) is 37.3. The Balaban J connectivity index is 0.748. The molecule has 12 aromatic carbocycles. The summed E-state index contributed by atoms with van der Waals surface area (Å²) in [6.07, 6.45) is 0. The van der Waals surface area contributed by atoms with Crippen molar-refractivity contribution >= 4 is 88.0 Å². The van der Waals surface area contributed by atoms with Crippen LogP contribution in [-0.2, 0) is 0 Å². The Bertz CT molecular complexity index is 7410. The molecule has 0 radical (unpaired) electrons. The molecule has 2 aliphatic rings. The van der Waals surface area contributed by atoms with E-state index < -0.39 is 22.5 Å². The lowest BCUT2D eigenvalue weighted by atomic mass is 9.98. The number of hydrogen-bond donors (Lipinski definition) is 2. The summed E-state index contributed by atoms with van der Waals surface area (Å²) in [7, 11) is 0. The van der Waals surface area contributed by atoms with Gasteiger partial charge in [-0.3, -0.25) is 0 Å². The van der Waals surface area contributed by atoms with Gasteiger partial charge >= 0.3 is 22.5 Å². The van der Waals surface area contributed by atoms with Gasteiger partial charge in [-0.25, -0.2) is 49.1 Å². The SMILES string of the molecule is Cc1c(-c2ccccc2)c2ccc(Oc3ccc4c(c3)-c3nc-4nc4[nH]c(nc5nc(nc6[nH]c(n3)c3ccc(Oc7ccc8c(-c9ccccc9)c(C)c(=O)oc8c7)cc63)-c3ccc(Oc6ccc7c(-c8ccccc8)c(C)c(=O)oc7c6)cc3-5)c3ccc(Oc5ccc6c(-c7ccccc7)c(C)c(=O)oc6c5)cc43)cc2oc1=O. The summed E-state index contributed by atoms with van der Waals surface area (Å²) in [6.45, 7) is 7.04. The van der Waals surface area contributed by atoms with Crippen LogP contribution in [0.4, 0.5) is 0 Å². The molecule has 0 amide bonds. The fourth-order valence-electron chi connectivity index (χ4n) is 15.8. The molecule has 19 aromatic rings. The number of ether oxygens (including phenoxy) is 4. The van der Waals surface area contributed by atoms with Crippen molar-refractivity contribution in [3.8, 4) is 136 Å². The number of rotatable bonds is 12. The number of fused-ring (bicyclic) bond motifs is 24. The van der Waals surface area contributed by atoms with Gasteiger partial charge in [0.1, 0.15) is 90.9 Å². The van der Waals surface area contributed by atoms with Crippen LogP contribution in [0.2, 0.25) is 0 Å². The van der Waals surface area contributed by atoms with Gasteiger partial charge in [-0.1, -0.05) is 121 Å². The van der Waals surface area contributed by atoms with Crippen molar-refractivity contribution in [1.82, 2.24) is 39.9 Å². The van der Waals surface area contributed by atoms with Gasteiger partial charge in [0, 0.05) is 134 Å². The van der Waals surface area contributed by atoms with E-state index in [-0.39, 0.29) is 23.3 Å². The molecule has 0 aliphatic carbocycles. The van der Waals surface area contributed by atoms with E-state index in [0.29, 0.717) is 157 Å². The maximum Gasteiger partial charge on any atom is 0.339 e. The predicted octanol–water partition coefficient (Wildman–Crippen LogP) is 22.4. The highest BCUT2D eigenvalue weighted by Gasteiger charge is 2.27. The zero-order valence-corrected chi connectivity index (χ0v) is 62.0. The van der Waals surface area contributed by atoms with Crippen molar-refractivity contribution in [3.05, 3.63) is 331 Å². The first-order valence-electron chi connectivity index (χ1n) is 37.3. The van der Waals surface area contributed by atoms with Crippen LogP contribution in [0, 0.1) is 27.7 Å². The molecular formula is C96H58N8O12. The second-order valence-electron chi connectivity index (χ2n) is 28.5. The molecule has 21 rings (SSSR count). The van der Waals surface area contributed by atoms with Gasteiger partial charge in [0.25, 0.3) is 0 Å². The summed E-state index contributed by atoms with van der Waals surface area (Å²) in [5.41, 5.74) is 11.8. The van der Waals surface area contributed by atoms with E-state index in [1.165, 1.54) is 0 Å². The van der Waals surface area contributed by atoms with Crippen LogP contribution < -0.4 is 41.4 Å². The maximum absolute atomic E-state index is 13.5. The number of aromatic nitrogens is 8. The largest absolute Gasteiger partial charge is 0.457 e.